The highest BCUT2D eigenvalue weighted by Gasteiger charge is 2.24. The van der Waals surface area contributed by atoms with Gasteiger partial charge in [-0.3, -0.25) is 0 Å². The number of methoxy groups -OCH3 is 1. The molecule has 0 amide bonds. The van der Waals surface area contributed by atoms with E-state index in [4.69, 9.17) is 4.74 Å². The molecule has 166 valence electrons. The van der Waals surface area contributed by atoms with Crippen molar-refractivity contribution in [2.45, 2.75) is 77.0 Å². The molecule has 3 heteroatoms. The van der Waals surface area contributed by atoms with Crippen molar-refractivity contribution in [2.75, 3.05) is 7.11 Å². The van der Waals surface area contributed by atoms with Gasteiger partial charge in [-0.25, -0.2) is 8.78 Å². The first-order valence-electron chi connectivity index (χ1n) is 11.9. The van der Waals surface area contributed by atoms with Crippen molar-refractivity contribution in [1.29, 1.82) is 0 Å². The molecule has 4 rings (SSSR count). The van der Waals surface area contributed by atoms with Crippen LogP contribution in [0.25, 0.3) is 5.57 Å². The Balaban J connectivity index is 1.42. The van der Waals surface area contributed by atoms with Crippen molar-refractivity contribution in [1.82, 2.24) is 0 Å². The van der Waals surface area contributed by atoms with E-state index in [1.807, 2.05) is 18.2 Å². The third kappa shape index (κ3) is 4.86. The molecular formula is C28H34F2O. The van der Waals surface area contributed by atoms with E-state index in [9.17, 15) is 4.39 Å². The Morgan fingerprint density at radius 3 is 2.52 bits per heavy atom. The summed E-state index contributed by atoms with van der Waals surface area (Å²) < 4.78 is 34.7. The molecule has 31 heavy (non-hydrogen) atoms. The second kappa shape index (κ2) is 9.97. The van der Waals surface area contributed by atoms with Gasteiger partial charge in [0.2, 0.25) is 0 Å². The van der Waals surface area contributed by atoms with Gasteiger partial charge in [0.1, 0.15) is 5.82 Å². The fourth-order valence-corrected chi connectivity index (χ4v) is 5.40. The standard InChI is InChI=1S/C28H34F2O/c1-3-4-5-6-19-7-9-20(10-8-19)21-11-14-24(26(29)18-21)22-12-15-25-23(17-22)13-16-27(31-2)28(25)30/h11-14,16,18-20H,3-10,15,17H2,1-2H3. The zero-order valence-electron chi connectivity index (χ0n) is 18.9. The lowest BCUT2D eigenvalue weighted by Crippen LogP contribution is -2.14. The van der Waals surface area contributed by atoms with E-state index < -0.39 is 0 Å². The number of hydrogen-bond donors (Lipinski definition) is 0. The van der Waals surface area contributed by atoms with E-state index in [0.29, 0.717) is 29.9 Å². The Kier molecular flexibility index (Phi) is 7.09. The third-order valence-electron chi connectivity index (χ3n) is 7.33. The fraction of sp³-hybridized carbons (Fsp3) is 0.500. The molecule has 0 N–H and O–H groups in total. The molecule has 2 aliphatic carbocycles. The van der Waals surface area contributed by atoms with Crippen LogP contribution in [0.5, 0.6) is 5.75 Å². The Morgan fingerprint density at radius 1 is 1.00 bits per heavy atom. The lowest BCUT2D eigenvalue weighted by atomic mass is 9.76. The SMILES string of the molecule is CCCCCC1CCC(c2ccc(C3=CCc4c(ccc(OC)c4F)C3)c(F)c2)CC1. The zero-order chi connectivity index (χ0) is 21.8. The summed E-state index contributed by atoms with van der Waals surface area (Å²) in [7, 11) is 1.48. The molecule has 0 atom stereocenters. The highest BCUT2D eigenvalue weighted by molar-refractivity contribution is 5.71. The van der Waals surface area contributed by atoms with Crippen molar-refractivity contribution in [3.63, 3.8) is 0 Å². The van der Waals surface area contributed by atoms with Gasteiger partial charge in [0.05, 0.1) is 7.11 Å². The van der Waals surface area contributed by atoms with Crippen LogP contribution in [0.1, 0.15) is 86.5 Å². The largest absolute Gasteiger partial charge is 0.494 e. The summed E-state index contributed by atoms with van der Waals surface area (Å²) in [5, 5.41) is 0. The number of halogens is 2. The maximum absolute atomic E-state index is 15.1. The zero-order valence-corrected chi connectivity index (χ0v) is 18.9. The van der Waals surface area contributed by atoms with Crippen molar-refractivity contribution >= 4 is 5.57 Å². The number of allylic oxidation sites excluding steroid dienone is 2. The first-order chi connectivity index (χ1) is 15.1. The van der Waals surface area contributed by atoms with Gasteiger partial charge >= 0.3 is 0 Å². The molecule has 2 aromatic carbocycles. The smallest absolute Gasteiger partial charge is 0.168 e. The summed E-state index contributed by atoms with van der Waals surface area (Å²) in [5.41, 5.74) is 4.32. The van der Waals surface area contributed by atoms with E-state index in [0.717, 1.165) is 22.6 Å². The second-order valence-electron chi connectivity index (χ2n) is 9.28. The minimum Gasteiger partial charge on any atom is -0.494 e. The molecule has 0 saturated heterocycles. The molecule has 1 saturated carbocycles. The highest BCUT2D eigenvalue weighted by Crippen LogP contribution is 2.39. The normalized spacial score (nSPS) is 20.8. The maximum Gasteiger partial charge on any atom is 0.168 e. The Morgan fingerprint density at radius 2 is 1.81 bits per heavy atom. The molecule has 0 spiro atoms. The van der Waals surface area contributed by atoms with Crippen LogP contribution in [0.3, 0.4) is 0 Å². The molecule has 0 heterocycles. The Hall–Kier alpha value is -2.16. The van der Waals surface area contributed by atoms with Crippen LogP contribution in [0.2, 0.25) is 0 Å². The number of fused-ring (bicyclic) bond motifs is 1. The molecule has 0 aromatic heterocycles. The molecule has 0 unspecified atom stereocenters. The van der Waals surface area contributed by atoms with Crippen molar-refractivity contribution < 1.29 is 13.5 Å². The average Bonchev–Trinajstić information content (AvgIpc) is 2.80. The summed E-state index contributed by atoms with van der Waals surface area (Å²) in [6.07, 6.45) is 13.2. The topological polar surface area (TPSA) is 9.23 Å². The lowest BCUT2D eigenvalue weighted by Gasteiger charge is -2.29. The molecule has 2 aromatic rings. The minimum absolute atomic E-state index is 0.147. The second-order valence-corrected chi connectivity index (χ2v) is 9.28. The first kappa shape index (κ1) is 22.0. The van der Waals surface area contributed by atoms with Crippen LogP contribution in [0, 0.1) is 17.6 Å². The summed E-state index contributed by atoms with van der Waals surface area (Å²) in [6, 6.07) is 9.37. The quantitative estimate of drug-likeness (QED) is 0.409. The molecule has 2 aliphatic rings. The van der Waals surface area contributed by atoms with E-state index in [1.165, 1.54) is 58.5 Å². The number of ether oxygens (including phenoxy) is 1. The van der Waals surface area contributed by atoms with Crippen LogP contribution in [0.4, 0.5) is 8.78 Å². The van der Waals surface area contributed by atoms with E-state index in [-0.39, 0.29) is 17.4 Å². The molecule has 0 radical (unpaired) electrons. The monoisotopic (exact) mass is 424 g/mol. The molecule has 1 nitrogen and oxygen atoms in total. The predicted octanol–water partition coefficient (Wildman–Crippen LogP) is 8.01. The number of hydrogen-bond acceptors (Lipinski definition) is 1. The Bertz CT molecular complexity index is 938. The Labute approximate surface area is 185 Å². The van der Waals surface area contributed by atoms with Gasteiger partial charge in [-0.2, -0.15) is 0 Å². The van der Waals surface area contributed by atoms with Crippen LogP contribution >= 0.6 is 0 Å². The van der Waals surface area contributed by atoms with E-state index in [2.05, 4.69) is 13.0 Å². The van der Waals surface area contributed by atoms with Gasteiger partial charge in [0.25, 0.3) is 0 Å². The summed E-state index contributed by atoms with van der Waals surface area (Å²) in [5.74, 6) is 1.17. The van der Waals surface area contributed by atoms with Gasteiger partial charge in [0.15, 0.2) is 11.6 Å². The van der Waals surface area contributed by atoms with Crippen LogP contribution < -0.4 is 4.74 Å². The van der Waals surface area contributed by atoms with Crippen molar-refractivity contribution in [3.8, 4) is 5.75 Å². The van der Waals surface area contributed by atoms with Crippen LogP contribution in [-0.4, -0.2) is 7.11 Å². The molecule has 0 aliphatic heterocycles. The average molecular weight is 425 g/mol. The molecule has 1 fully saturated rings. The number of rotatable bonds is 7. The van der Waals surface area contributed by atoms with Gasteiger partial charge in [-0.15, -0.1) is 0 Å². The van der Waals surface area contributed by atoms with E-state index in [1.54, 1.807) is 12.1 Å². The third-order valence-corrected chi connectivity index (χ3v) is 7.33. The van der Waals surface area contributed by atoms with Gasteiger partial charge in [0, 0.05) is 5.56 Å². The van der Waals surface area contributed by atoms with Crippen LogP contribution in [0.15, 0.2) is 36.4 Å². The fourth-order valence-electron chi connectivity index (χ4n) is 5.40. The minimum atomic E-state index is -0.295. The predicted molar refractivity (Wildman–Crippen MR) is 124 cm³/mol. The van der Waals surface area contributed by atoms with Crippen LogP contribution in [-0.2, 0) is 12.8 Å². The first-order valence-corrected chi connectivity index (χ1v) is 11.9. The van der Waals surface area contributed by atoms with Gasteiger partial charge in [-0.1, -0.05) is 56.9 Å². The number of benzene rings is 2. The van der Waals surface area contributed by atoms with Gasteiger partial charge < -0.3 is 4.74 Å². The molecule has 0 bridgehead atoms. The van der Waals surface area contributed by atoms with Crippen molar-refractivity contribution in [3.05, 3.63) is 70.3 Å². The van der Waals surface area contributed by atoms with Crippen molar-refractivity contribution in [2.24, 2.45) is 5.92 Å². The summed E-state index contributed by atoms with van der Waals surface area (Å²) in [4.78, 5) is 0. The van der Waals surface area contributed by atoms with Gasteiger partial charge in [-0.05, 0) is 84.8 Å². The number of unbranched alkanes of at least 4 members (excludes halogenated alkanes) is 2. The highest BCUT2D eigenvalue weighted by atomic mass is 19.1. The maximum atomic E-state index is 15.1. The summed E-state index contributed by atoms with van der Waals surface area (Å²) >= 11 is 0. The lowest BCUT2D eigenvalue weighted by molar-refractivity contribution is 0.302. The summed E-state index contributed by atoms with van der Waals surface area (Å²) in [6.45, 7) is 2.26. The molecular weight excluding hydrogens is 390 g/mol. The van der Waals surface area contributed by atoms with E-state index >= 15 is 4.39 Å².